The Bertz CT molecular complexity index is 1820. The molecule has 0 aliphatic carbocycles. The second-order valence-electron chi connectivity index (χ2n) is 9.96. The fraction of sp³-hybridized carbons (Fsp3) is 0.242. The van der Waals surface area contributed by atoms with Gasteiger partial charge in [0.2, 0.25) is 0 Å². The van der Waals surface area contributed by atoms with Crippen molar-refractivity contribution in [3.63, 3.8) is 0 Å². The number of carbonyl (C=O) groups excluding carboxylic acids is 1. The molecular weight excluding hydrogens is 572 g/mol. The number of fused-ring (bicyclic) bond motifs is 1. The zero-order valence-corrected chi connectivity index (χ0v) is 25.4. The van der Waals surface area contributed by atoms with Crippen LogP contribution >= 0.6 is 22.9 Å². The van der Waals surface area contributed by atoms with Crippen LogP contribution in [0, 0.1) is 0 Å². The SMILES string of the molecule is CCOC(=O)C1=C(C)N=c2s/c(=C/c3ccc(OCc4ccccc4Cl)cc3)c(=O)n2[C@H]1c1ccccc1OC(C)C. The Morgan fingerprint density at radius 3 is 2.50 bits per heavy atom. The molecular formula is C33H31ClN2O5S. The van der Waals surface area contributed by atoms with Crippen molar-refractivity contribution in [2.45, 2.75) is 46.4 Å². The Balaban J connectivity index is 1.54. The molecule has 0 N–H and O–H groups in total. The Morgan fingerprint density at radius 2 is 1.79 bits per heavy atom. The lowest BCUT2D eigenvalue weighted by Gasteiger charge is -2.26. The molecule has 0 unspecified atom stereocenters. The number of benzene rings is 3. The molecule has 4 aromatic rings. The number of para-hydroxylation sites is 1. The van der Waals surface area contributed by atoms with Crippen molar-refractivity contribution in [1.82, 2.24) is 4.57 Å². The highest BCUT2D eigenvalue weighted by atomic mass is 35.5. The summed E-state index contributed by atoms with van der Waals surface area (Å²) in [6.07, 6.45) is 1.72. The second-order valence-corrected chi connectivity index (χ2v) is 11.4. The summed E-state index contributed by atoms with van der Waals surface area (Å²) in [5.74, 6) is 0.769. The van der Waals surface area contributed by atoms with E-state index >= 15 is 0 Å². The average molecular weight is 603 g/mol. The summed E-state index contributed by atoms with van der Waals surface area (Å²) < 4.78 is 19.5. The summed E-state index contributed by atoms with van der Waals surface area (Å²) in [5.41, 5.74) is 2.98. The molecule has 1 aromatic heterocycles. The molecule has 1 aliphatic rings. The van der Waals surface area contributed by atoms with Gasteiger partial charge in [0.1, 0.15) is 24.1 Å². The van der Waals surface area contributed by atoms with E-state index in [-0.39, 0.29) is 18.3 Å². The van der Waals surface area contributed by atoms with Crippen LogP contribution in [0.3, 0.4) is 0 Å². The number of hydrogen-bond acceptors (Lipinski definition) is 7. The Labute approximate surface area is 253 Å². The molecule has 3 aromatic carbocycles. The fourth-order valence-corrected chi connectivity index (χ4v) is 5.98. The van der Waals surface area contributed by atoms with E-state index in [1.807, 2.05) is 92.7 Å². The molecule has 0 fully saturated rings. The smallest absolute Gasteiger partial charge is 0.338 e. The normalized spacial score (nSPS) is 14.9. The van der Waals surface area contributed by atoms with Crippen LogP contribution in [-0.2, 0) is 16.1 Å². The number of nitrogens with zero attached hydrogens (tertiary/aromatic N) is 2. The summed E-state index contributed by atoms with van der Waals surface area (Å²) >= 11 is 7.51. The zero-order chi connectivity index (χ0) is 29.8. The molecule has 0 spiro atoms. The molecule has 1 atom stereocenters. The summed E-state index contributed by atoms with van der Waals surface area (Å²) in [5, 5.41) is 0.655. The Hall–Kier alpha value is -4.14. The highest BCUT2D eigenvalue weighted by Gasteiger charge is 2.35. The Kier molecular flexibility index (Phi) is 8.94. The van der Waals surface area contributed by atoms with E-state index in [1.54, 1.807) is 18.4 Å². The largest absolute Gasteiger partial charge is 0.491 e. The van der Waals surface area contributed by atoms with E-state index in [4.69, 9.17) is 25.8 Å². The molecule has 2 heterocycles. The third kappa shape index (κ3) is 6.20. The van der Waals surface area contributed by atoms with Crippen molar-refractivity contribution >= 4 is 35.0 Å². The standard InChI is InChI=1S/C33H31ClN2O5S/c1-5-39-32(38)29-21(4)35-33-36(30(29)25-11-7-9-13-27(25)41-20(2)3)31(37)28(42-33)18-22-14-16-24(17-15-22)40-19-23-10-6-8-12-26(23)34/h6-18,20,30H,5,19H2,1-4H3/b28-18+/t30-/m0/s1. The van der Waals surface area contributed by atoms with Gasteiger partial charge in [0, 0.05) is 16.1 Å². The number of thiazole rings is 1. The predicted octanol–water partition coefficient (Wildman–Crippen LogP) is 5.82. The first-order valence-electron chi connectivity index (χ1n) is 13.7. The molecule has 0 radical (unpaired) electrons. The van der Waals surface area contributed by atoms with Crippen LogP contribution in [-0.4, -0.2) is 23.2 Å². The number of carbonyl (C=O) groups is 1. The zero-order valence-electron chi connectivity index (χ0n) is 23.8. The van der Waals surface area contributed by atoms with Gasteiger partial charge in [-0.25, -0.2) is 9.79 Å². The number of esters is 1. The first-order chi connectivity index (χ1) is 20.3. The van der Waals surface area contributed by atoms with Crippen LogP contribution in [0.5, 0.6) is 11.5 Å². The van der Waals surface area contributed by atoms with Crippen molar-refractivity contribution in [2.24, 2.45) is 4.99 Å². The molecule has 0 bridgehead atoms. The van der Waals surface area contributed by atoms with E-state index < -0.39 is 12.0 Å². The number of allylic oxidation sites excluding steroid dienone is 1. The van der Waals surface area contributed by atoms with Gasteiger partial charge in [-0.1, -0.05) is 71.5 Å². The third-order valence-electron chi connectivity index (χ3n) is 6.62. The molecule has 0 amide bonds. The van der Waals surface area contributed by atoms with Crippen LogP contribution in [0.2, 0.25) is 5.02 Å². The average Bonchev–Trinajstić information content (AvgIpc) is 3.26. The minimum absolute atomic E-state index is 0.102. The first kappa shape index (κ1) is 29.4. The monoisotopic (exact) mass is 602 g/mol. The summed E-state index contributed by atoms with van der Waals surface area (Å²) in [7, 11) is 0. The van der Waals surface area contributed by atoms with E-state index in [9.17, 15) is 9.59 Å². The first-order valence-corrected chi connectivity index (χ1v) is 14.9. The third-order valence-corrected chi connectivity index (χ3v) is 7.98. The van der Waals surface area contributed by atoms with Crippen LogP contribution in [0.15, 0.2) is 93.9 Å². The highest BCUT2D eigenvalue weighted by molar-refractivity contribution is 7.07. The number of aromatic nitrogens is 1. The number of ether oxygens (including phenoxy) is 3. The van der Waals surface area contributed by atoms with Crippen molar-refractivity contribution in [1.29, 1.82) is 0 Å². The van der Waals surface area contributed by atoms with E-state index in [0.717, 1.165) is 11.1 Å². The molecule has 0 saturated carbocycles. The van der Waals surface area contributed by atoms with Gasteiger partial charge in [-0.3, -0.25) is 9.36 Å². The van der Waals surface area contributed by atoms with Crippen LogP contribution in [0.25, 0.3) is 6.08 Å². The van der Waals surface area contributed by atoms with Gasteiger partial charge >= 0.3 is 5.97 Å². The minimum atomic E-state index is -0.752. The summed E-state index contributed by atoms with van der Waals surface area (Å²) in [6.45, 7) is 7.94. The van der Waals surface area contributed by atoms with Crippen molar-refractivity contribution in [2.75, 3.05) is 6.61 Å². The molecule has 42 heavy (non-hydrogen) atoms. The summed E-state index contributed by atoms with van der Waals surface area (Å²) in [6, 6.07) is 21.7. The predicted molar refractivity (Wildman–Crippen MR) is 165 cm³/mol. The topological polar surface area (TPSA) is 79.1 Å². The minimum Gasteiger partial charge on any atom is -0.491 e. The van der Waals surface area contributed by atoms with Gasteiger partial charge in [-0.15, -0.1) is 0 Å². The van der Waals surface area contributed by atoms with Crippen molar-refractivity contribution in [3.8, 4) is 11.5 Å². The molecule has 0 saturated heterocycles. The summed E-state index contributed by atoms with van der Waals surface area (Å²) in [4.78, 5) is 32.3. The lowest BCUT2D eigenvalue weighted by molar-refractivity contribution is -0.139. The molecule has 1 aliphatic heterocycles. The highest BCUT2D eigenvalue weighted by Crippen LogP contribution is 2.36. The molecule has 5 rings (SSSR count). The van der Waals surface area contributed by atoms with Gasteiger partial charge < -0.3 is 14.2 Å². The van der Waals surface area contributed by atoms with E-state index in [0.29, 0.717) is 49.3 Å². The molecule has 216 valence electrons. The fourth-order valence-electron chi connectivity index (χ4n) is 4.74. The van der Waals surface area contributed by atoms with Gasteiger partial charge in [0.05, 0.1) is 28.5 Å². The maximum absolute atomic E-state index is 14.0. The van der Waals surface area contributed by atoms with E-state index in [2.05, 4.69) is 4.99 Å². The van der Waals surface area contributed by atoms with Crippen LogP contribution in [0.1, 0.15) is 50.4 Å². The number of rotatable bonds is 9. The van der Waals surface area contributed by atoms with Gasteiger partial charge in [0.15, 0.2) is 4.80 Å². The maximum atomic E-state index is 14.0. The van der Waals surface area contributed by atoms with Crippen molar-refractivity contribution < 1.29 is 19.0 Å². The van der Waals surface area contributed by atoms with Gasteiger partial charge in [-0.05, 0) is 63.6 Å². The van der Waals surface area contributed by atoms with Gasteiger partial charge in [-0.2, -0.15) is 0 Å². The van der Waals surface area contributed by atoms with E-state index in [1.165, 1.54) is 11.3 Å². The Morgan fingerprint density at radius 1 is 1.07 bits per heavy atom. The number of halogens is 1. The van der Waals surface area contributed by atoms with Gasteiger partial charge in [0.25, 0.3) is 5.56 Å². The molecule has 7 nitrogen and oxygen atoms in total. The van der Waals surface area contributed by atoms with Crippen LogP contribution < -0.4 is 24.4 Å². The van der Waals surface area contributed by atoms with Crippen LogP contribution in [0.4, 0.5) is 0 Å². The second kappa shape index (κ2) is 12.8. The van der Waals surface area contributed by atoms with Crippen molar-refractivity contribution in [3.05, 3.63) is 125 Å². The number of hydrogen-bond donors (Lipinski definition) is 0. The maximum Gasteiger partial charge on any atom is 0.338 e. The quantitative estimate of drug-likeness (QED) is 0.226. The lowest BCUT2D eigenvalue weighted by Crippen LogP contribution is -2.40. The lowest BCUT2D eigenvalue weighted by atomic mass is 9.95. The molecule has 9 heteroatoms.